The molecule has 0 nitrogen and oxygen atoms in total. The fraction of sp³-hybridized carbons (Fsp3) is 0. The topological polar surface area (TPSA) is 0 Å². The highest BCUT2D eigenvalue weighted by atomic mass is 32.3. The first kappa shape index (κ1) is 15.7. The number of hydrogen-bond acceptors (Lipinski definition) is 0. The maximum atomic E-state index is 2.27. The summed E-state index contributed by atoms with van der Waals surface area (Å²) in [6, 6.07) is 43.7. The van der Waals surface area contributed by atoms with Crippen molar-refractivity contribution in [2.45, 2.75) is 19.6 Å². The zero-order valence-electron chi connectivity index (χ0n) is 14.0. The summed E-state index contributed by atoms with van der Waals surface area (Å²) in [7, 11) is -1.51. The Morgan fingerprint density at radius 2 is 0.480 bits per heavy atom. The molecular weight excluding hydrogens is 320 g/mol. The molecule has 0 saturated heterocycles. The van der Waals surface area contributed by atoms with Crippen LogP contribution >= 0.6 is 10.0 Å². The van der Waals surface area contributed by atoms with Crippen LogP contribution in [0.5, 0.6) is 0 Å². The normalized spacial score (nSPS) is 11.8. The van der Waals surface area contributed by atoms with Crippen molar-refractivity contribution in [3.8, 4) is 0 Å². The zero-order chi connectivity index (χ0) is 17.0. The molecule has 0 radical (unpaired) electrons. The monoisotopic (exact) mass is 340 g/mol. The molecule has 0 atom stereocenters. The lowest BCUT2D eigenvalue weighted by Gasteiger charge is -2.42. The molecule has 0 fully saturated rings. The molecule has 1 heteroatoms. The molecule has 0 amide bonds. The van der Waals surface area contributed by atoms with Crippen LogP contribution in [0.25, 0.3) is 0 Å². The van der Waals surface area contributed by atoms with Gasteiger partial charge in [0.05, 0.1) is 0 Å². The van der Waals surface area contributed by atoms with Gasteiger partial charge in [0.25, 0.3) is 0 Å². The van der Waals surface area contributed by atoms with Crippen LogP contribution < -0.4 is 0 Å². The molecule has 0 unspecified atom stereocenters. The molecule has 0 N–H and O–H groups in total. The van der Waals surface area contributed by atoms with Gasteiger partial charge >= 0.3 is 0 Å². The van der Waals surface area contributed by atoms with Crippen molar-refractivity contribution in [3.63, 3.8) is 0 Å². The van der Waals surface area contributed by atoms with Crippen LogP contribution in [0.2, 0.25) is 0 Å². The van der Waals surface area contributed by atoms with E-state index >= 15 is 0 Å². The molecule has 0 spiro atoms. The van der Waals surface area contributed by atoms with Crippen LogP contribution in [0.3, 0.4) is 0 Å². The van der Waals surface area contributed by atoms with E-state index in [2.05, 4.69) is 121 Å². The highest BCUT2D eigenvalue weighted by Gasteiger charge is 2.32. The quantitative estimate of drug-likeness (QED) is 0.374. The second-order valence-corrected chi connectivity index (χ2v) is 8.97. The van der Waals surface area contributed by atoms with Crippen LogP contribution in [0.15, 0.2) is 141 Å². The predicted molar refractivity (Wildman–Crippen MR) is 106 cm³/mol. The summed E-state index contributed by atoms with van der Waals surface area (Å²) in [4.78, 5) is 5.44. The van der Waals surface area contributed by atoms with Gasteiger partial charge in [-0.1, -0.05) is 72.8 Å². The lowest BCUT2D eigenvalue weighted by atomic mass is 10.3. The van der Waals surface area contributed by atoms with Gasteiger partial charge in [0.2, 0.25) is 0 Å². The molecule has 0 aliphatic heterocycles. The van der Waals surface area contributed by atoms with E-state index in [0.717, 1.165) is 0 Å². The average Bonchev–Trinajstić information content (AvgIpc) is 2.72. The van der Waals surface area contributed by atoms with E-state index in [-0.39, 0.29) is 0 Å². The third kappa shape index (κ3) is 2.77. The Morgan fingerprint density at radius 3 is 0.680 bits per heavy atom. The van der Waals surface area contributed by atoms with Gasteiger partial charge in [0.1, 0.15) is 0 Å². The largest absolute Gasteiger partial charge is 0.133 e. The van der Waals surface area contributed by atoms with Crippen molar-refractivity contribution in [1.29, 1.82) is 0 Å². The van der Waals surface area contributed by atoms with Gasteiger partial charge in [0, 0.05) is 19.6 Å². The molecular formula is C24H20S. The Morgan fingerprint density at radius 1 is 0.280 bits per heavy atom. The standard InChI is InChI=1S/C24H20S/c1-5-13-21(14-6-1)25(22-15-7-2-8-16-22,23-17-9-3-10-18-23)24-19-11-4-12-20-24/h1-20H. The molecule has 0 aromatic heterocycles. The second-order valence-electron chi connectivity index (χ2n) is 5.86. The summed E-state index contributed by atoms with van der Waals surface area (Å²) < 4.78 is 0. The third-order valence-corrected chi connectivity index (χ3v) is 8.30. The Kier molecular flexibility index (Phi) is 4.41. The summed E-state index contributed by atoms with van der Waals surface area (Å²) in [5.41, 5.74) is 0. The van der Waals surface area contributed by atoms with Crippen molar-refractivity contribution in [3.05, 3.63) is 121 Å². The maximum Gasteiger partial charge on any atom is 0.00229 e. The van der Waals surface area contributed by atoms with Crippen molar-refractivity contribution >= 4 is 10.0 Å². The SMILES string of the molecule is c1ccc(S(c2ccccc2)(c2ccccc2)c2ccccc2)cc1. The molecule has 0 saturated carbocycles. The van der Waals surface area contributed by atoms with E-state index in [1.165, 1.54) is 19.6 Å². The van der Waals surface area contributed by atoms with Gasteiger partial charge in [-0.2, -0.15) is 0 Å². The molecule has 4 rings (SSSR count). The summed E-state index contributed by atoms with van der Waals surface area (Å²) in [5, 5.41) is 0. The van der Waals surface area contributed by atoms with Crippen LogP contribution in [0.4, 0.5) is 0 Å². The minimum Gasteiger partial charge on any atom is -0.133 e. The Bertz CT molecular complexity index is 753. The Labute approximate surface area is 151 Å². The van der Waals surface area contributed by atoms with Crippen molar-refractivity contribution in [2.75, 3.05) is 0 Å². The van der Waals surface area contributed by atoms with E-state index in [4.69, 9.17) is 0 Å². The summed E-state index contributed by atoms with van der Waals surface area (Å²) >= 11 is 0. The first-order valence-electron chi connectivity index (χ1n) is 8.46. The maximum absolute atomic E-state index is 2.27. The zero-order valence-corrected chi connectivity index (χ0v) is 14.8. The van der Waals surface area contributed by atoms with Crippen LogP contribution in [-0.2, 0) is 0 Å². The fourth-order valence-corrected chi connectivity index (χ4v) is 7.21. The number of benzene rings is 4. The van der Waals surface area contributed by atoms with Gasteiger partial charge in [-0.25, -0.2) is 0 Å². The Balaban J connectivity index is 2.13. The highest BCUT2D eigenvalue weighted by Crippen LogP contribution is 2.73. The van der Waals surface area contributed by atoms with Gasteiger partial charge in [-0.15, -0.1) is 10.0 Å². The predicted octanol–water partition coefficient (Wildman–Crippen LogP) is 7.03. The third-order valence-electron chi connectivity index (χ3n) is 4.39. The molecule has 122 valence electrons. The molecule has 0 bridgehead atoms. The van der Waals surface area contributed by atoms with Gasteiger partial charge < -0.3 is 0 Å². The van der Waals surface area contributed by atoms with Crippen LogP contribution in [0, 0.1) is 0 Å². The van der Waals surface area contributed by atoms with Gasteiger partial charge in [-0.3, -0.25) is 0 Å². The summed E-state index contributed by atoms with van der Waals surface area (Å²) in [6.45, 7) is 0. The van der Waals surface area contributed by atoms with Gasteiger partial charge in [-0.05, 0) is 48.5 Å². The highest BCUT2D eigenvalue weighted by molar-refractivity contribution is 8.34. The van der Waals surface area contributed by atoms with Crippen LogP contribution in [-0.4, -0.2) is 0 Å². The number of rotatable bonds is 4. The molecule has 4 aromatic carbocycles. The van der Waals surface area contributed by atoms with Crippen molar-refractivity contribution in [2.24, 2.45) is 0 Å². The van der Waals surface area contributed by atoms with Crippen LogP contribution in [0.1, 0.15) is 0 Å². The molecule has 0 heterocycles. The first-order valence-corrected chi connectivity index (χ1v) is 10.1. The number of hydrogen-bond donors (Lipinski definition) is 0. The lowest BCUT2D eigenvalue weighted by molar-refractivity contribution is 1.24. The molecule has 0 aliphatic carbocycles. The van der Waals surface area contributed by atoms with Gasteiger partial charge in [0.15, 0.2) is 0 Å². The van der Waals surface area contributed by atoms with E-state index in [1.807, 2.05) is 0 Å². The van der Waals surface area contributed by atoms with Crippen molar-refractivity contribution < 1.29 is 0 Å². The Hall–Kier alpha value is -2.77. The second kappa shape index (κ2) is 7.00. The average molecular weight is 340 g/mol. The fourth-order valence-electron chi connectivity index (χ4n) is 3.31. The smallest absolute Gasteiger partial charge is 0.00229 e. The minimum atomic E-state index is -1.51. The molecule has 4 aromatic rings. The molecule has 25 heavy (non-hydrogen) atoms. The van der Waals surface area contributed by atoms with E-state index in [0.29, 0.717) is 0 Å². The molecule has 0 aliphatic rings. The van der Waals surface area contributed by atoms with Crippen molar-refractivity contribution in [1.82, 2.24) is 0 Å². The van der Waals surface area contributed by atoms with E-state index in [1.54, 1.807) is 0 Å². The summed E-state index contributed by atoms with van der Waals surface area (Å²) in [6.07, 6.45) is 0. The van der Waals surface area contributed by atoms with E-state index in [9.17, 15) is 0 Å². The summed E-state index contributed by atoms with van der Waals surface area (Å²) in [5.74, 6) is 0. The van der Waals surface area contributed by atoms with E-state index < -0.39 is 10.0 Å². The first-order chi connectivity index (χ1) is 12.4. The minimum absolute atomic E-state index is 1.36. The lowest BCUT2D eigenvalue weighted by Crippen LogP contribution is -2.04.